The first-order valence-electron chi connectivity index (χ1n) is 10.9. The van der Waals surface area contributed by atoms with Gasteiger partial charge in [0.2, 0.25) is 5.91 Å². The number of urea groups is 1. The Kier molecular flexibility index (Phi) is 5.58. The van der Waals surface area contributed by atoms with Gasteiger partial charge in [-0.25, -0.2) is 9.78 Å². The van der Waals surface area contributed by atoms with Crippen LogP contribution in [-0.2, 0) is 15.1 Å². The molecular weight excluding hydrogens is 460 g/mol. The van der Waals surface area contributed by atoms with Gasteiger partial charge in [0.05, 0.1) is 15.2 Å². The molecule has 3 heterocycles. The van der Waals surface area contributed by atoms with Gasteiger partial charge in [-0.2, -0.15) is 0 Å². The summed E-state index contributed by atoms with van der Waals surface area (Å²) >= 11 is 7.94. The summed E-state index contributed by atoms with van der Waals surface area (Å²) in [6.07, 6.45) is 1.81. The second kappa shape index (κ2) is 8.43. The van der Waals surface area contributed by atoms with E-state index in [9.17, 15) is 14.4 Å². The highest BCUT2D eigenvalue weighted by Gasteiger charge is 2.50. The smallest absolute Gasteiger partial charge is 0.325 e. The number of nitrogens with one attached hydrogen (secondary N) is 1. The molecule has 0 radical (unpaired) electrons. The number of nitrogens with zero attached hydrogens (tertiary/aromatic N) is 3. The van der Waals surface area contributed by atoms with Crippen LogP contribution in [0.2, 0.25) is 5.02 Å². The van der Waals surface area contributed by atoms with Crippen molar-refractivity contribution < 1.29 is 14.4 Å². The largest absolute Gasteiger partial charge is 0.340 e. The fraction of sp³-hybridized carbons (Fsp3) is 0.333. The lowest BCUT2D eigenvalue weighted by Gasteiger charge is -2.32. The van der Waals surface area contributed by atoms with Crippen molar-refractivity contribution in [3.8, 4) is 0 Å². The maximum Gasteiger partial charge on any atom is 0.325 e. The van der Waals surface area contributed by atoms with E-state index < -0.39 is 17.5 Å². The van der Waals surface area contributed by atoms with Gasteiger partial charge in [0.25, 0.3) is 5.91 Å². The molecule has 0 unspecified atom stereocenters. The number of piperidine rings is 1. The predicted molar refractivity (Wildman–Crippen MR) is 127 cm³/mol. The van der Waals surface area contributed by atoms with Gasteiger partial charge in [-0.3, -0.25) is 14.5 Å². The van der Waals surface area contributed by atoms with Crippen LogP contribution >= 0.6 is 22.9 Å². The van der Waals surface area contributed by atoms with Gasteiger partial charge in [0, 0.05) is 29.6 Å². The molecule has 0 spiro atoms. The van der Waals surface area contributed by atoms with Crippen molar-refractivity contribution >= 4 is 51.0 Å². The maximum absolute atomic E-state index is 13.2. The number of halogens is 1. The van der Waals surface area contributed by atoms with Gasteiger partial charge in [0.1, 0.15) is 12.1 Å². The van der Waals surface area contributed by atoms with E-state index >= 15 is 0 Å². The zero-order valence-corrected chi connectivity index (χ0v) is 19.7. The first kappa shape index (κ1) is 21.9. The number of thiazole rings is 1. The number of amides is 4. The zero-order chi connectivity index (χ0) is 23.2. The summed E-state index contributed by atoms with van der Waals surface area (Å²) in [5.74, 6) is -0.571. The Morgan fingerprint density at radius 3 is 2.76 bits per heavy atom. The van der Waals surface area contributed by atoms with Gasteiger partial charge < -0.3 is 10.2 Å². The molecule has 4 amide bonds. The summed E-state index contributed by atoms with van der Waals surface area (Å²) in [4.78, 5) is 46.5. The molecule has 2 aliphatic heterocycles. The van der Waals surface area contributed by atoms with Gasteiger partial charge in [0.15, 0.2) is 0 Å². The van der Waals surface area contributed by atoms with Crippen molar-refractivity contribution in [1.29, 1.82) is 0 Å². The Balaban J connectivity index is 1.30. The van der Waals surface area contributed by atoms with Crippen LogP contribution in [0.25, 0.3) is 10.2 Å². The Labute approximate surface area is 200 Å². The summed E-state index contributed by atoms with van der Waals surface area (Å²) in [6, 6.07) is 14.3. The molecule has 1 aromatic heterocycles. The van der Waals surface area contributed by atoms with E-state index in [0.717, 1.165) is 33.0 Å². The standard InChI is InChI=1S/C24H23ClN4O3S/c1-24(16-8-2-3-9-17(16)25)22(31)29(23(32)27-24)14-20(30)28-12-6-7-15(13-28)21-26-18-10-4-5-11-19(18)33-21/h2-5,8-11,15H,6-7,12-14H2,1H3,(H,27,32)/t15-,24+/m0/s1. The molecule has 0 bridgehead atoms. The zero-order valence-electron chi connectivity index (χ0n) is 18.1. The van der Waals surface area contributed by atoms with Crippen molar-refractivity contribution in [1.82, 2.24) is 20.1 Å². The first-order chi connectivity index (χ1) is 15.9. The average molecular weight is 483 g/mol. The molecule has 3 aromatic rings. The molecule has 2 atom stereocenters. The minimum atomic E-state index is -1.30. The Morgan fingerprint density at radius 1 is 1.21 bits per heavy atom. The Morgan fingerprint density at radius 2 is 1.97 bits per heavy atom. The third-order valence-electron chi connectivity index (χ3n) is 6.41. The molecule has 9 heteroatoms. The van der Waals surface area contributed by atoms with E-state index in [2.05, 4.69) is 11.4 Å². The summed E-state index contributed by atoms with van der Waals surface area (Å²) in [6.45, 7) is 2.45. The molecule has 2 aliphatic rings. The van der Waals surface area contributed by atoms with Crippen LogP contribution in [0, 0.1) is 0 Å². The number of likely N-dealkylation sites (tertiary alicyclic amines) is 1. The maximum atomic E-state index is 13.2. The minimum absolute atomic E-state index is 0.150. The highest BCUT2D eigenvalue weighted by molar-refractivity contribution is 7.18. The molecule has 170 valence electrons. The Hall–Kier alpha value is -2.97. The summed E-state index contributed by atoms with van der Waals surface area (Å²) in [7, 11) is 0. The molecule has 5 rings (SSSR count). The normalized spacial score (nSPS) is 23.3. The first-order valence-corrected chi connectivity index (χ1v) is 12.1. The van der Waals surface area contributed by atoms with Crippen molar-refractivity contribution in [3.05, 3.63) is 64.1 Å². The van der Waals surface area contributed by atoms with E-state index in [1.165, 1.54) is 0 Å². The Bertz CT molecular complexity index is 1230. The van der Waals surface area contributed by atoms with Gasteiger partial charge >= 0.3 is 6.03 Å². The van der Waals surface area contributed by atoms with E-state index in [0.29, 0.717) is 23.7 Å². The summed E-state index contributed by atoms with van der Waals surface area (Å²) in [5.41, 5.74) is 0.175. The lowest BCUT2D eigenvalue weighted by Crippen LogP contribution is -2.47. The van der Waals surface area contributed by atoms with E-state index in [-0.39, 0.29) is 18.4 Å². The van der Waals surface area contributed by atoms with Crippen LogP contribution in [0.15, 0.2) is 48.5 Å². The van der Waals surface area contributed by atoms with Crippen LogP contribution in [0.3, 0.4) is 0 Å². The molecule has 33 heavy (non-hydrogen) atoms. The molecule has 2 fully saturated rings. The van der Waals surface area contributed by atoms with Crippen molar-refractivity contribution in [2.24, 2.45) is 0 Å². The number of carbonyl (C=O) groups is 3. The second-order valence-corrected chi connectivity index (χ2v) is 10.1. The molecular formula is C24H23ClN4O3S. The van der Waals surface area contributed by atoms with Crippen LogP contribution in [-0.4, -0.2) is 52.3 Å². The number of para-hydroxylation sites is 1. The van der Waals surface area contributed by atoms with Crippen molar-refractivity contribution in [2.75, 3.05) is 19.6 Å². The molecule has 7 nitrogen and oxygen atoms in total. The number of hydrogen-bond donors (Lipinski definition) is 1. The van der Waals surface area contributed by atoms with E-state index in [1.54, 1.807) is 47.4 Å². The van der Waals surface area contributed by atoms with E-state index in [4.69, 9.17) is 16.6 Å². The van der Waals surface area contributed by atoms with Crippen molar-refractivity contribution in [2.45, 2.75) is 31.2 Å². The molecule has 0 saturated carbocycles. The topological polar surface area (TPSA) is 82.6 Å². The summed E-state index contributed by atoms with van der Waals surface area (Å²) in [5, 5.41) is 4.13. The number of hydrogen-bond acceptors (Lipinski definition) is 5. The number of carbonyl (C=O) groups excluding carboxylic acids is 3. The average Bonchev–Trinajstić information content (AvgIpc) is 3.34. The molecule has 0 aliphatic carbocycles. The minimum Gasteiger partial charge on any atom is -0.340 e. The van der Waals surface area contributed by atoms with Crippen LogP contribution < -0.4 is 5.32 Å². The van der Waals surface area contributed by atoms with Gasteiger partial charge in [-0.15, -0.1) is 11.3 Å². The molecule has 2 saturated heterocycles. The van der Waals surface area contributed by atoms with Crippen molar-refractivity contribution in [3.63, 3.8) is 0 Å². The number of imide groups is 1. The number of rotatable bonds is 4. The van der Waals surface area contributed by atoms with Crippen LogP contribution in [0.4, 0.5) is 4.79 Å². The van der Waals surface area contributed by atoms with E-state index in [1.807, 2.05) is 18.2 Å². The highest BCUT2D eigenvalue weighted by atomic mass is 35.5. The molecule has 1 N–H and O–H groups in total. The van der Waals surface area contributed by atoms with Crippen LogP contribution in [0.1, 0.15) is 36.3 Å². The second-order valence-electron chi connectivity index (χ2n) is 8.63. The fourth-order valence-corrected chi connectivity index (χ4v) is 6.01. The number of aromatic nitrogens is 1. The summed E-state index contributed by atoms with van der Waals surface area (Å²) < 4.78 is 1.13. The fourth-order valence-electron chi connectivity index (χ4n) is 4.59. The molecule has 2 aromatic carbocycles. The number of benzene rings is 2. The quantitative estimate of drug-likeness (QED) is 0.567. The number of fused-ring (bicyclic) bond motifs is 1. The lowest BCUT2D eigenvalue weighted by atomic mass is 9.92. The third-order valence-corrected chi connectivity index (χ3v) is 7.94. The SMILES string of the molecule is C[C@]1(c2ccccc2Cl)NC(=O)N(CC(=O)N2CCC[C@H](c3nc4ccccc4s3)C2)C1=O. The monoisotopic (exact) mass is 482 g/mol. The van der Waals surface area contributed by atoms with Crippen LogP contribution in [0.5, 0.6) is 0 Å². The third kappa shape index (κ3) is 3.87. The highest BCUT2D eigenvalue weighted by Crippen LogP contribution is 2.35. The predicted octanol–water partition coefficient (Wildman–Crippen LogP) is 4.12. The lowest BCUT2D eigenvalue weighted by molar-refractivity contribution is -0.139. The van der Waals surface area contributed by atoms with Gasteiger partial charge in [-0.1, -0.05) is 41.9 Å². The van der Waals surface area contributed by atoms with Gasteiger partial charge in [-0.05, 0) is 38.0 Å².